The molecule has 1 fully saturated rings. The number of thiocarbonyl (C=S) groups is 1. The predicted octanol–water partition coefficient (Wildman–Crippen LogP) is 2.95. The molecule has 18 heavy (non-hydrogen) atoms. The van der Waals surface area contributed by atoms with E-state index in [1.54, 1.807) is 0 Å². The third-order valence-corrected chi connectivity index (χ3v) is 3.83. The summed E-state index contributed by atoms with van der Waals surface area (Å²) in [6, 6.07) is 5.75. The molecule has 98 valence electrons. The highest BCUT2D eigenvalue weighted by Crippen LogP contribution is 2.28. The zero-order valence-corrected chi connectivity index (χ0v) is 11.7. The van der Waals surface area contributed by atoms with Crippen LogP contribution in [0.15, 0.2) is 18.2 Å². The van der Waals surface area contributed by atoms with Crippen molar-refractivity contribution in [3.63, 3.8) is 0 Å². The van der Waals surface area contributed by atoms with Gasteiger partial charge >= 0.3 is 0 Å². The first-order valence-electron chi connectivity index (χ1n) is 6.66. The lowest BCUT2D eigenvalue weighted by Crippen LogP contribution is -2.21. The van der Waals surface area contributed by atoms with Crippen LogP contribution < -0.4 is 11.1 Å². The Labute approximate surface area is 114 Å². The fourth-order valence-corrected chi connectivity index (χ4v) is 2.78. The minimum absolute atomic E-state index is 0.352. The number of nitrogens with two attached hydrogens (primary N) is 1. The maximum Gasteiger partial charge on any atom is 0.126 e. The minimum Gasteiger partial charge on any atom is -0.388 e. The Morgan fingerprint density at radius 3 is 3.06 bits per heavy atom. The fourth-order valence-electron chi connectivity index (χ4n) is 2.66. The summed E-state index contributed by atoms with van der Waals surface area (Å²) in [5.41, 5.74) is 6.27. The van der Waals surface area contributed by atoms with Gasteiger partial charge in [0.05, 0.1) is 5.69 Å². The van der Waals surface area contributed by atoms with Crippen molar-refractivity contribution in [3.05, 3.63) is 23.9 Å². The van der Waals surface area contributed by atoms with Crippen LogP contribution in [0.5, 0.6) is 0 Å². The lowest BCUT2D eigenvalue weighted by molar-refractivity contribution is 0.293. The maximum absolute atomic E-state index is 5.58. The average molecular weight is 263 g/mol. The average Bonchev–Trinajstić information content (AvgIpc) is 2.37. The van der Waals surface area contributed by atoms with Crippen LogP contribution in [0.4, 0.5) is 5.82 Å². The Bertz CT molecular complexity index is 419. The van der Waals surface area contributed by atoms with Gasteiger partial charge in [0.25, 0.3) is 0 Å². The van der Waals surface area contributed by atoms with E-state index in [4.69, 9.17) is 18.0 Å². The van der Waals surface area contributed by atoms with Gasteiger partial charge < -0.3 is 11.1 Å². The molecule has 3 nitrogen and oxygen atoms in total. The Morgan fingerprint density at radius 1 is 1.50 bits per heavy atom. The van der Waals surface area contributed by atoms with E-state index in [2.05, 4.69) is 17.2 Å². The van der Waals surface area contributed by atoms with E-state index >= 15 is 0 Å². The van der Waals surface area contributed by atoms with Crippen LogP contribution in [0.25, 0.3) is 0 Å². The molecular weight excluding hydrogens is 242 g/mol. The zero-order chi connectivity index (χ0) is 13.0. The van der Waals surface area contributed by atoms with Crippen molar-refractivity contribution in [2.45, 2.75) is 32.6 Å². The molecule has 1 aliphatic rings. The monoisotopic (exact) mass is 263 g/mol. The van der Waals surface area contributed by atoms with Gasteiger partial charge in [-0.2, -0.15) is 0 Å². The number of hydrogen-bond donors (Lipinski definition) is 2. The molecular formula is C14H21N3S. The van der Waals surface area contributed by atoms with Crippen LogP contribution in [0, 0.1) is 11.8 Å². The second-order valence-corrected chi connectivity index (χ2v) is 5.73. The zero-order valence-electron chi connectivity index (χ0n) is 10.9. The minimum atomic E-state index is 0.352. The van der Waals surface area contributed by atoms with E-state index in [-0.39, 0.29) is 0 Å². The van der Waals surface area contributed by atoms with Crippen LogP contribution in [-0.2, 0) is 0 Å². The van der Waals surface area contributed by atoms with Gasteiger partial charge in [-0.05, 0) is 36.8 Å². The molecule has 0 bridgehead atoms. The smallest absolute Gasteiger partial charge is 0.126 e. The van der Waals surface area contributed by atoms with Crippen LogP contribution in [0.1, 0.15) is 38.3 Å². The number of rotatable bonds is 4. The van der Waals surface area contributed by atoms with Gasteiger partial charge in [0.15, 0.2) is 0 Å². The van der Waals surface area contributed by atoms with Crippen LogP contribution in [0.3, 0.4) is 0 Å². The van der Waals surface area contributed by atoms with Crippen LogP contribution in [-0.4, -0.2) is 16.5 Å². The van der Waals surface area contributed by atoms with E-state index in [1.165, 1.54) is 25.7 Å². The van der Waals surface area contributed by atoms with E-state index in [1.807, 2.05) is 18.2 Å². The summed E-state index contributed by atoms with van der Waals surface area (Å²) in [7, 11) is 0. The highest BCUT2D eigenvalue weighted by atomic mass is 32.1. The van der Waals surface area contributed by atoms with E-state index < -0.39 is 0 Å². The van der Waals surface area contributed by atoms with Crippen molar-refractivity contribution < 1.29 is 0 Å². The van der Waals surface area contributed by atoms with Gasteiger partial charge in [0, 0.05) is 6.54 Å². The Balaban J connectivity index is 1.89. The number of pyridine rings is 1. The van der Waals surface area contributed by atoms with Crippen molar-refractivity contribution in [1.29, 1.82) is 0 Å². The SMILES string of the molecule is CC1CCCC(CNc2cccc(C(N)=S)n2)C1. The first kappa shape index (κ1) is 13.3. The second kappa shape index (κ2) is 6.14. The van der Waals surface area contributed by atoms with Crippen molar-refractivity contribution >= 4 is 23.0 Å². The van der Waals surface area contributed by atoms with Crippen LogP contribution >= 0.6 is 12.2 Å². The molecule has 0 aliphatic heterocycles. The van der Waals surface area contributed by atoms with Crippen LogP contribution in [0.2, 0.25) is 0 Å². The molecule has 0 amide bonds. The molecule has 1 heterocycles. The number of nitrogens with one attached hydrogen (secondary N) is 1. The molecule has 0 saturated heterocycles. The first-order chi connectivity index (χ1) is 8.65. The molecule has 2 rings (SSSR count). The summed E-state index contributed by atoms with van der Waals surface area (Å²) in [4.78, 5) is 4.75. The van der Waals surface area contributed by atoms with Crippen molar-refractivity contribution in [2.75, 3.05) is 11.9 Å². The van der Waals surface area contributed by atoms with Crippen molar-refractivity contribution in [3.8, 4) is 0 Å². The third kappa shape index (κ3) is 3.67. The first-order valence-corrected chi connectivity index (χ1v) is 7.06. The third-order valence-electron chi connectivity index (χ3n) is 3.62. The molecule has 1 aliphatic carbocycles. The van der Waals surface area contributed by atoms with Gasteiger partial charge in [-0.25, -0.2) is 4.98 Å². The molecule has 4 heteroatoms. The van der Waals surface area contributed by atoms with Gasteiger partial charge in [-0.15, -0.1) is 0 Å². The summed E-state index contributed by atoms with van der Waals surface area (Å²) < 4.78 is 0. The fraction of sp³-hybridized carbons (Fsp3) is 0.571. The lowest BCUT2D eigenvalue weighted by Gasteiger charge is -2.26. The molecule has 1 aromatic heterocycles. The quantitative estimate of drug-likeness (QED) is 0.820. The molecule has 1 saturated carbocycles. The largest absolute Gasteiger partial charge is 0.388 e. The second-order valence-electron chi connectivity index (χ2n) is 5.29. The molecule has 1 aromatic rings. The number of hydrogen-bond acceptors (Lipinski definition) is 3. The molecule has 2 unspecified atom stereocenters. The molecule has 3 N–H and O–H groups in total. The summed E-state index contributed by atoms with van der Waals surface area (Å²) in [5, 5.41) is 3.40. The molecule has 0 spiro atoms. The van der Waals surface area contributed by atoms with Gasteiger partial charge in [-0.3, -0.25) is 0 Å². The highest BCUT2D eigenvalue weighted by molar-refractivity contribution is 7.80. The van der Waals surface area contributed by atoms with Gasteiger partial charge in [-0.1, -0.05) is 38.0 Å². The van der Waals surface area contributed by atoms with Crippen molar-refractivity contribution in [2.24, 2.45) is 17.6 Å². The number of aromatic nitrogens is 1. The highest BCUT2D eigenvalue weighted by Gasteiger charge is 2.18. The Kier molecular flexibility index (Phi) is 4.53. The Hall–Kier alpha value is -1.16. The number of anilines is 1. The predicted molar refractivity (Wildman–Crippen MR) is 79.7 cm³/mol. The standard InChI is InChI=1S/C14H21N3S/c1-10-4-2-5-11(8-10)9-16-13-7-3-6-12(17-13)14(15)18/h3,6-7,10-11H,2,4-5,8-9H2,1H3,(H2,15,18)(H,16,17). The topological polar surface area (TPSA) is 50.9 Å². The van der Waals surface area contributed by atoms with E-state index in [0.29, 0.717) is 10.7 Å². The Morgan fingerprint density at radius 2 is 2.33 bits per heavy atom. The van der Waals surface area contributed by atoms with E-state index in [0.717, 1.165) is 24.2 Å². The lowest BCUT2D eigenvalue weighted by atomic mass is 9.82. The summed E-state index contributed by atoms with van der Waals surface area (Å²) in [5.74, 6) is 2.50. The normalized spacial score (nSPS) is 23.6. The summed E-state index contributed by atoms with van der Waals surface area (Å²) in [6.07, 6.45) is 5.38. The summed E-state index contributed by atoms with van der Waals surface area (Å²) >= 11 is 4.93. The van der Waals surface area contributed by atoms with Gasteiger partial charge in [0.2, 0.25) is 0 Å². The van der Waals surface area contributed by atoms with Gasteiger partial charge in [0.1, 0.15) is 10.8 Å². The maximum atomic E-state index is 5.58. The number of nitrogens with zero attached hydrogens (tertiary/aromatic N) is 1. The molecule has 2 atom stereocenters. The van der Waals surface area contributed by atoms with E-state index in [9.17, 15) is 0 Å². The van der Waals surface area contributed by atoms with Crippen molar-refractivity contribution in [1.82, 2.24) is 4.98 Å². The molecule has 0 aromatic carbocycles. The summed E-state index contributed by atoms with van der Waals surface area (Å²) in [6.45, 7) is 3.34. The molecule has 0 radical (unpaired) electrons.